The van der Waals surface area contributed by atoms with E-state index in [2.05, 4.69) is 20.3 Å². The molecule has 12 heteroatoms. The molecule has 0 spiro atoms. The number of ether oxygens (including phenoxy) is 4. The van der Waals surface area contributed by atoms with E-state index >= 15 is 0 Å². The molecule has 2 aromatic rings. The highest BCUT2D eigenvalue weighted by Gasteiger charge is 2.56. The Morgan fingerprint density at radius 3 is 2.73 bits per heavy atom. The molecule has 3 N–H and O–H groups in total. The molecule has 2 saturated heterocycles. The Morgan fingerprint density at radius 2 is 2.03 bits per heavy atom. The smallest absolute Gasteiger partial charge is 0.305 e. The van der Waals surface area contributed by atoms with Crippen molar-refractivity contribution in [3.05, 3.63) is 6.33 Å². The second-order valence-corrected chi connectivity index (χ2v) is 7.60. The first-order valence-electron chi connectivity index (χ1n) is 9.63. The number of fused-ring (bicyclic) bond motifs is 2. The molecule has 0 bridgehead atoms. The lowest BCUT2D eigenvalue weighted by Crippen LogP contribution is -2.33. The Morgan fingerprint density at radius 1 is 1.30 bits per heavy atom. The van der Waals surface area contributed by atoms with Gasteiger partial charge in [-0.15, -0.1) is 0 Å². The number of anilines is 2. The number of nitrogens with two attached hydrogens (primary N) is 1. The highest BCUT2D eigenvalue weighted by atomic mass is 16.8. The molecule has 4 rings (SSSR count). The summed E-state index contributed by atoms with van der Waals surface area (Å²) in [4.78, 5) is 35.7. The predicted molar refractivity (Wildman–Crippen MR) is 103 cm³/mol. The van der Waals surface area contributed by atoms with Crippen LogP contribution < -0.4 is 11.1 Å². The van der Waals surface area contributed by atoms with E-state index in [9.17, 15) is 9.59 Å². The number of nitrogens with zero attached hydrogens (tertiary/aromatic N) is 4. The van der Waals surface area contributed by atoms with E-state index in [1.807, 2.05) is 0 Å². The third kappa shape index (κ3) is 3.68. The number of esters is 1. The quantitative estimate of drug-likeness (QED) is 0.662. The molecule has 1 amide bonds. The van der Waals surface area contributed by atoms with Crippen molar-refractivity contribution < 1.29 is 28.5 Å². The van der Waals surface area contributed by atoms with Crippen LogP contribution in [0.25, 0.3) is 11.2 Å². The van der Waals surface area contributed by atoms with E-state index in [1.165, 1.54) is 13.3 Å². The van der Waals surface area contributed by atoms with Gasteiger partial charge in [-0.3, -0.25) is 19.5 Å². The summed E-state index contributed by atoms with van der Waals surface area (Å²) >= 11 is 0. The van der Waals surface area contributed by atoms with Gasteiger partial charge in [-0.1, -0.05) is 6.92 Å². The van der Waals surface area contributed by atoms with E-state index < -0.39 is 30.3 Å². The Bertz CT molecular complexity index is 991. The van der Waals surface area contributed by atoms with Crippen LogP contribution in [0.1, 0.15) is 40.3 Å². The summed E-state index contributed by atoms with van der Waals surface area (Å²) in [6.45, 7) is 6.71. The number of amides is 1. The first-order valence-corrected chi connectivity index (χ1v) is 9.63. The first kappa shape index (κ1) is 20.4. The van der Waals surface area contributed by atoms with Crippen molar-refractivity contribution in [1.82, 2.24) is 19.5 Å². The topological polar surface area (TPSA) is 153 Å². The summed E-state index contributed by atoms with van der Waals surface area (Å²) < 4.78 is 25.1. The van der Waals surface area contributed by atoms with Crippen molar-refractivity contribution in [2.45, 2.75) is 64.4 Å². The van der Waals surface area contributed by atoms with Gasteiger partial charge in [0, 0.05) is 13.3 Å². The highest BCUT2D eigenvalue weighted by Crippen LogP contribution is 2.44. The summed E-state index contributed by atoms with van der Waals surface area (Å²) in [5.41, 5.74) is 6.72. The number of imidazole rings is 1. The van der Waals surface area contributed by atoms with Gasteiger partial charge < -0.3 is 24.7 Å². The fraction of sp³-hybridized carbons (Fsp3) is 0.611. The average Bonchev–Trinajstić information content (AvgIpc) is 3.30. The van der Waals surface area contributed by atoms with Crippen LogP contribution in [0.5, 0.6) is 0 Å². The molecule has 2 aliphatic rings. The van der Waals surface area contributed by atoms with Crippen LogP contribution in [-0.4, -0.2) is 62.1 Å². The normalized spacial score (nSPS) is 27.2. The predicted octanol–water partition coefficient (Wildman–Crippen LogP) is 0.738. The van der Waals surface area contributed by atoms with Gasteiger partial charge in [0.2, 0.25) is 11.9 Å². The van der Waals surface area contributed by atoms with Gasteiger partial charge in [0.1, 0.15) is 30.4 Å². The monoisotopic (exact) mass is 420 g/mol. The maximum Gasteiger partial charge on any atom is 0.305 e. The molecule has 2 aromatic heterocycles. The van der Waals surface area contributed by atoms with Crippen LogP contribution in [0, 0.1) is 0 Å². The van der Waals surface area contributed by atoms with Crippen LogP contribution in [0.15, 0.2) is 6.33 Å². The lowest BCUT2D eigenvalue weighted by atomic mass is 10.1. The maximum atomic E-state index is 11.6. The second kappa shape index (κ2) is 7.45. The minimum Gasteiger partial charge on any atom is -0.463 e. The number of hydrogen-bond donors (Lipinski definition) is 2. The van der Waals surface area contributed by atoms with E-state index in [0.717, 1.165) is 0 Å². The second-order valence-electron chi connectivity index (χ2n) is 7.60. The summed E-state index contributed by atoms with van der Waals surface area (Å²) in [6.07, 6.45) is -0.370. The summed E-state index contributed by atoms with van der Waals surface area (Å²) in [6, 6.07) is 0. The molecule has 4 atom stereocenters. The molecule has 162 valence electrons. The zero-order valence-electron chi connectivity index (χ0n) is 17.1. The van der Waals surface area contributed by atoms with Crippen LogP contribution >= 0.6 is 0 Å². The molecule has 2 aliphatic heterocycles. The van der Waals surface area contributed by atoms with Gasteiger partial charge in [-0.05, 0) is 13.8 Å². The molecular formula is C18H24N6O6. The largest absolute Gasteiger partial charge is 0.463 e. The van der Waals surface area contributed by atoms with E-state index in [1.54, 1.807) is 25.3 Å². The van der Waals surface area contributed by atoms with Crippen molar-refractivity contribution in [1.29, 1.82) is 0 Å². The lowest BCUT2D eigenvalue weighted by Gasteiger charge is -2.24. The van der Waals surface area contributed by atoms with Crippen LogP contribution in [0.3, 0.4) is 0 Å². The Kier molecular flexibility index (Phi) is 5.08. The minimum atomic E-state index is -0.837. The Labute approximate surface area is 172 Å². The molecule has 0 unspecified atom stereocenters. The first-order chi connectivity index (χ1) is 14.2. The van der Waals surface area contributed by atoms with Gasteiger partial charge in [0.05, 0.1) is 6.33 Å². The minimum absolute atomic E-state index is 0.0324. The number of nitrogen functional groups attached to an aromatic ring is 1. The van der Waals surface area contributed by atoms with Crippen molar-refractivity contribution in [2.75, 3.05) is 17.7 Å². The van der Waals surface area contributed by atoms with Gasteiger partial charge in [-0.2, -0.15) is 9.97 Å². The fourth-order valence-electron chi connectivity index (χ4n) is 3.63. The van der Waals surface area contributed by atoms with Crippen LogP contribution in [0.4, 0.5) is 11.8 Å². The zero-order valence-corrected chi connectivity index (χ0v) is 17.1. The van der Waals surface area contributed by atoms with Gasteiger partial charge in [0.15, 0.2) is 23.5 Å². The van der Waals surface area contributed by atoms with E-state index in [4.69, 9.17) is 24.7 Å². The third-order valence-corrected chi connectivity index (χ3v) is 4.83. The average molecular weight is 420 g/mol. The maximum absolute atomic E-state index is 11.6. The molecule has 0 radical (unpaired) electrons. The van der Waals surface area contributed by atoms with Gasteiger partial charge in [0.25, 0.3) is 0 Å². The Balaban J connectivity index is 1.68. The molecule has 4 heterocycles. The summed E-state index contributed by atoms with van der Waals surface area (Å²) in [5, 5.41) is 2.52. The highest BCUT2D eigenvalue weighted by molar-refractivity contribution is 5.89. The van der Waals surface area contributed by atoms with Crippen molar-refractivity contribution in [3.63, 3.8) is 0 Å². The number of nitrogens with one attached hydrogen (secondary N) is 1. The van der Waals surface area contributed by atoms with Crippen molar-refractivity contribution in [2.24, 2.45) is 0 Å². The lowest BCUT2D eigenvalue weighted by molar-refractivity contribution is -0.202. The van der Waals surface area contributed by atoms with Crippen LogP contribution in [-0.2, 0) is 28.5 Å². The fourth-order valence-corrected chi connectivity index (χ4v) is 3.63. The molecule has 0 aliphatic carbocycles. The van der Waals surface area contributed by atoms with E-state index in [0.29, 0.717) is 11.2 Å². The molecular weight excluding hydrogens is 396 g/mol. The molecule has 0 saturated carbocycles. The number of carbonyl (C=O) groups is 2. The third-order valence-electron chi connectivity index (χ3n) is 4.83. The Hall–Kier alpha value is -2.83. The summed E-state index contributed by atoms with van der Waals surface area (Å²) in [7, 11) is 0. The zero-order chi connectivity index (χ0) is 21.6. The number of rotatable bonds is 5. The number of carbonyl (C=O) groups excluding carboxylic acids is 2. The van der Waals surface area contributed by atoms with Crippen LogP contribution in [0.2, 0.25) is 0 Å². The van der Waals surface area contributed by atoms with E-state index in [-0.39, 0.29) is 36.7 Å². The van der Waals surface area contributed by atoms with Gasteiger partial charge in [-0.25, -0.2) is 4.98 Å². The number of hydrogen-bond acceptors (Lipinski definition) is 10. The molecule has 2 fully saturated rings. The standard InChI is InChI=1S/C18H24N6O6/c1-5-10(26)27-6-9-12-13(30-18(3,4)29-12)16(28-9)24-7-20-11-14(19)22-17(21-8(2)25)23-15(11)24/h7,9,12-13,16H,5-6H2,1-4H3,(H3,19,21,22,23,25)/t9-,12-,13-,16-/m1/s1. The molecule has 0 aromatic carbocycles. The SMILES string of the molecule is CCC(=O)OC[C@H]1O[C@@H](n2cnc3c(N)nc(NC(C)=O)nc32)[C@@H]2OC(C)(C)O[C@@H]21. The molecule has 12 nitrogen and oxygen atoms in total. The van der Waals surface area contributed by atoms with Gasteiger partial charge >= 0.3 is 5.97 Å². The summed E-state index contributed by atoms with van der Waals surface area (Å²) in [5.74, 6) is -1.32. The van der Waals surface area contributed by atoms with Crippen molar-refractivity contribution >= 4 is 34.8 Å². The number of aromatic nitrogens is 4. The molecule has 30 heavy (non-hydrogen) atoms. The van der Waals surface area contributed by atoms with Crippen molar-refractivity contribution in [3.8, 4) is 0 Å².